The first kappa shape index (κ1) is 15.9. The average Bonchev–Trinajstić information content (AvgIpc) is 2.94. The number of benzene rings is 2. The number of carbonyl (C=O) groups excluding carboxylic acids is 1. The summed E-state index contributed by atoms with van der Waals surface area (Å²) in [5, 5.41) is 4.99. The van der Waals surface area contributed by atoms with Crippen LogP contribution in [0.1, 0.15) is 15.9 Å². The van der Waals surface area contributed by atoms with Crippen molar-refractivity contribution < 1.29 is 14.3 Å². The van der Waals surface area contributed by atoms with Crippen LogP contribution in [0.5, 0.6) is 11.5 Å². The minimum Gasteiger partial charge on any atom is -0.454 e. The summed E-state index contributed by atoms with van der Waals surface area (Å²) in [5.41, 5.74) is 3.23. The third-order valence-electron chi connectivity index (χ3n) is 3.04. The zero-order valence-corrected chi connectivity index (χ0v) is 13.7. The van der Waals surface area contributed by atoms with Crippen molar-refractivity contribution in [2.45, 2.75) is 0 Å². The summed E-state index contributed by atoms with van der Waals surface area (Å²) in [7, 11) is 0. The van der Waals surface area contributed by atoms with Crippen molar-refractivity contribution in [2.24, 2.45) is 5.10 Å². The predicted molar refractivity (Wildman–Crippen MR) is 89.1 cm³/mol. The lowest BCUT2D eigenvalue weighted by atomic mass is 10.2. The van der Waals surface area contributed by atoms with E-state index in [1.807, 2.05) is 0 Å². The Hall–Kier alpha value is -1.95. The third kappa shape index (κ3) is 3.52. The van der Waals surface area contributed by atoms with E-state index in [9.17, 15) is 4.79 Å². The smallest absolute Gasteiger partial charge is 0.272 e. The van der Waals surface area contributed by atoms with Crippen LogP contribution in [0, 0.1) is 0 Å². The number of rotatable bonds is 3. The molecule has 0 unspecified atom stereocenters. The summed E-state index contributed by atoms with van der Waals surface area (Å²) >= 11 is 17.9. The maximum atomic E-state index is 12.0. The van der Waals surface area contributed by atoms with Crippen molar-refractivity contribution in [3.05, 3.63) is 56.5 Å². The highest BCUT2D eigenvalue weighted by Gasteiger charge is 2.16. The van der Waals surface area contributed by atoms with Crippen LogP contribution in [-0.2, 0) is 0 Å². The topological polar surface area (TPSA) is 59.9 Å². The molecule has 0 saturated carbocycles. The van der Waals surface area contributed by atoms with Gasteiger partial charge in [0, 0.05) is 16.7 Å². The maximum absolute atomic E-state index is 12.0. The molecular formula is C15H9Cl3N2O3. The fraction of sp³-hybridized carbons (Fsp3) is 0.0667. The van der Waals surface area contributed by atoms with Crippen molar-refractivity contribution in [3.8, 4) is 11.5 Å². The SMILES string of the molecule is O=C(N/N=C\c1cc2c(cc1Cl)OCO2)c1ccc(Cl)cc1Cl. The molecule has 8 heteroatoms. The first-order valence-corrected chi connectivity index (χ1v) is 7.55. The number of nitrogens with zero attached hydrogens (tertiary/aromatic N) is 1. The quantitative estimate of drug-likeness (QED) is 0.651. The van der Waals surface area contributed by atoms with Gasteiger partial charge in [0.05, 0.1) is 21.8 Å². The Morgan fingerprint density at radius 3 is 2.57 bits per heavy atom. The van der Waals surface area contributed by atoms with Crippen LogP contribution in [0.2, 0.25) is 15.1 Å². The molecule has 0 fully saturated rings. The molecule has 1 amide bonds. The Labute approximate surface area is 146 Å². The molecule has 2 aromatic rings. The molecule has 0 atom stereocenters. The number of amides is 1. The van der Waals surface area contributed by atoms with E-state index in [1.165, 1.54) is 18.3 Å². The highest BCUT2D eigenvalue weighted by Crippen LogP contribution is 2.36. The van der Waals surface area contributed by atoms with Crippen LogP contribution in [0.25, 0.3) is 0 Å². The molecule has 5 nitrogen and oxygen atoms in total. The summed E-state index contributed by atoms with van der Waals surface area (Å²) in [5.74, 6) is 0.687. The van der Waals surface area contributed by atoms with Crippen LogP contribution < -0.4 is 14.9 Å². The van der Waals surface area contributed by atoms with Gasteiger partial charge in [-0.3, -0.25) is 4.79 Å². The summed E-state index contributed by atoms with van der Waals surface area (Å²) in [6, 6.07) is 7.87. The Bertz CT molecular complexity index is 809. The number of ether oxygens (including phenoxy) is 2. The maximum Gasteiger partial charge on any atom is 0.272 e. The first-order chi connectivity index (χ1) is 11.0. The van der Waals surface area contributed by atoms with Gasteiger partial charge in [0.1, 0.15) is 0 Å². The van der Waals surface area contributed by atoms with Gasteiger partial charge in [0.15, 0.2) is 11.5 Å². The molecule has 1 heterocycles. The zero-order chi connectivity index (χ0) is 16.4. The van der Waals surface area contributed by atoms with Crippen LogP contribution in [0.3, 0.4) is 0 Å². The fourth-order valence-electron chi connectivity index (χ4n) is 1.93. The second-order valence-electron chi connectivity index (χ2n) is 4.55. The van der Waals surface area contributed by atoms with Crippen molar-refractivity contribution in [1.82, 2.24) is 5.43 Å². The monoisotopic (exact) mass is 370 g/mol. The van der Waals surface area contributed by atoms with E-state index in [0.717, 1.165) is 0 Å². The van der Waals surface area contributed by atoms with E-state index < -0.39 is 5.91 Å². The molecule has 0 aliphatic carbocycles. The molecule has 1 aliphatic heterocycles. The molecule has 0 bridgehead atoms. The third-order valence-corrected chi connectivity index (χ3v) is 3.91. The lowest BCUT2D eigenvalue weighted by molar-refractivity contribution is 0.0955. The molecule has 3 rings (SSSR count). The van der Waals surface area contributed by atoms with Gasteiger partial charge in [-0.15, -0.1) is 0 Å². The second-order valence-corrected chi connectivity index (χ2v) is 5.80. The first-order valence-electron chi connectivity index (χ1n) is 6.42. The molecule has 1 aliphatic rings. The number of hydrogen-bond acceptors (Lipinski definition) is 4. The summed E-state index contributed by atoms with van der Waals surface area (Å²) in [6.07, 6.45) is 1.41. The van der Waals surface area contributed by atoms with Crippen molar-refractivity contribution >= 4 is 46.9 Å². The Morgan fingerprint density at radius 2 is 1.83 bits per heavy atom. The van der Waals surface area contributed by atoms with Gasteiger partial charge in [-0.1, -0.05) is 34.8 Å². The molecule has 0 spiro atoms. The predicted octanol–water partition coefficient (Wildman–Crippen LogP) is 4.14. The van der Waals surface area contributed by atoms with Gasteiger partial charge < -0.3 is 9.47 Å². The standard InChI is InChI=1S/C15H9Cl3N2O3/c16-9-1-2-10(12(18)4-9)15(21)20-19-6-8-3-13-14(5-11(8)17)23-7-22-13/h1-6H,7H2,(H,20,21)/b19-6-. The van der Waals surface area contributed by atoms with E-state index in [-0.39, 0.29) is 17.4 Å². The van der Waals surface area contributed by atoms with Crippen molar-refractivity contribution in [3.63, 3.8) is 0 Å². The van der Waals surface area contributed by atoms with E-state index in [4.69, 9.17) is 44.3 Å². The van der Waals surface area contributed by atoms with Crippen molar-refractivity contribution in [2.75, 3.05) is 6.79 Å². The largest absolute Gasteiger partial charge is 0.454 e. The number of nitrogens with one attached hydrogen (secondary N) is 1. The summed E-state index contributed by atoms with van der Waals surface area (Å²) in [4.78, 5) is 12.0. The molecule has 0 saturated heterocycles. The van der Waals surface area contributed by atoms with E-state index in [0.29, 0.717) is 27.1 Å². The van der Waals surface area contributed by atoms with E-state index in [2.05, 4.69) is 10.5 Å². The zero-order valence-electron chi connectivity index (χ0n) is 11.5. The number of hydrogen-bond donors (Lipinski definition) is 1. The number of carbonyl (C=O) groups is 1. The lowest BCUT2D eigenvalue weighted by Gasteiger charge is -2.04. The molecule has 0 radical (unpaired) electrons. The van der Waals surface area contributed by atoms with E-state index in [1.54, 1.807) is 18.2 Å². The summed E-state index contributed by atoms with van der Waals surface area (Å²) < 4.78 is 10.5. The second kappa shape index (κ2) is 6.66. The van der Waals surface area contributed by atoms with Crippen LogP contribution in [0.15, 0.2) is 35.4 Å². The van der Waals surface area contributed by atoms with Gasteiger partial charge >= 0.3 is 0 Å². The minimum absolute atomic E-state index is 0.151. The fourth-order valence-corrected chi connectivity index (χ4v) is 2.62. The van der Waals surface area contributed by atoms with E-state index >= 15 is 0 Å². The number of halogens is 3. The number of fused-ring (bicyclic) bond motifs is 1. The Kier molecular flexibility index (Phi) is 4.61. The highest BCUT2D eigenvalue weighted by molar-refractivity contribution is 6.36. The Morgan fingerprint density at radius 1 is 1.09 bits per heavy atom. The molecule has 23 heavy (non-hydrogen) atoms. The van der Waals surface area contributed by atoms with Gasteiger partial charge in [-0.2, -0.15) is 5.10 Å². The minimum atomic E-state index is -0.459. The normalized spacial score (nSPS) is 12.7. The summed E-state index contributed by atoms with van der Waals surface area (Å²) in [6.45, 7) is 0.151. The molecule has 2 aromatic carbocycles. The molecular weight excluding hydrogens is 363 g/mol. The van der Waals surface area contributed by atoms with Crippen molar-refractivity contribution in [1.29, 1.82) is 0 Å². The Balaban J connectivity index is 1.73. The van der Waals surface area contributed by atoms with Gasteiger partial charge in [0.2, 0.25) is 6.79 Å². The van der Waals surface area contributed by atoms with Crippen LogP contribution in [0.4, 0.5) is 0 Å². The molecule has 1 N–H and O–H groups in total. The van der Waals surface area contributed by atoms with Gasteiger partial charge in [-0.25, -0.2) is 5.43 Å². The van der Waals surface area contributed by atoms with Crippen LogP contribution in [-0.4, -0.2) is 18.9 Å². The van der Waals surface area contributed by atoms with Crippen LogP contribution >= 0.6 is 34.8 Å². The lowest BCUT2D eigenvalue weighted by Crippen LogP contribution is -2.18. The average molecular weight is 372 g/mol. The molecule has 118 valence electrons. The van der Waals surface area contributed by atoms with Gasteiger partial charge in [0.25, 0.3) is 5.91 Å². The molecule has 0 aromatic heterocycles. The highest BCUT2D eigenvalue weighted by atomic mass is 35.5. The number of hydrazone groups is 1. The van der Waals surface area contributed by atoms with Gasteiger partial charge in [-0.05, 0) is 24.3 Å².